The Morgan fingerprint density at radius 2 is 1.53 bits per heavy atom. The van der Waals surface area contributed by atoms with Crippen LogP contribution >= 0.6 is 0 Å². The van der Waals surface area contributed by atoms with Gasteiger partial charge in [-0.25, -0.2) is 9.97 Å². The third-order valence-electron chi connectivity index (χ3n) is 5.69. The number of carbonyl (C=O) groups is 1. The minimum absolute atomic E-state index is 0.0128. The van der Waals surface area contributed by atoms with Gasteiger partial charge in [0, 0.05) is 34.8 Å². The molecule has 5 aromatic rings. The monoisotopic (exact) mass is 476 g/mol. The maximum Gasteiger partial charge on any atom is 0.255 e. The van der Waals surface area contributed by atoms with Crippen LogP contribution in [0.25, 0.3) is 10.9 Å². The summed E-state index contributed by atoms with van der Waals surface area (Å²) < 4.78 is 5.30. The molecule has 0 bridgehead atoms. The van der Waals surface area contributed by atoms with Crippen molar-refractivity contribution in [1.82, 2.24) is 9.97 Å². The molecule has 1 aromatic heterocycles. The van der Waals surface area contributed by atoms with Gasteiger partial charge in [0.15, 0.2) is 11.5 Å². The summed E-state index contributed by atoms with van der Waals surface area (Å²) in [6, 6.07) is 29.7. The number of nitrogens with zero attached hydrogens (tertiary/aromatic N) is 2. The van der Waals surface area contributed by atoms with Gasteiger partial charge in [0.2, 0.25) is 0 Å². The van der Waals surface area contributed by atoms with Crippen LogP contribution in [0.5, 0.6) is 11.5 Å². The van der Waals surface area contributed by atoms with Crippen molar-refractivity contribution in [3.8, 4) is 11.5 Å². The second-order valence-electron chi connectivity index (χ2n) is 8.21. The largest absolute Gasteiger partial charge is 0.504 e. The molecule has 36 heavy (non-hydrogen) atoms. The van der Waals surface area contributed by atoms with E-state index in [9.17, 15) is 9.90 Å². The molecule has 178 valence electrons. The first-order chi connectivity index (χ1) is 17.6. The highest BCUT2D eigenvalue weighted by atomic mass is 16.5. The van der Waals surface area contributed by atoms with Crippen LogP contribution in [-0.2, 0) is 6.42 Å². The lowest BCUT2D eigenvalue weighted by Gasteiger charge is -2.13. The number of anilines is 3. The van der Waals surface area contributed by atoms with E-state index in [-0.39, 0.29) is 11.7 Å². The SMILES string of the molecule is COc1cc2c(Nc3ccc(NC(=O)c4ccccc4)cc3)nc(Cc3ccccc3)nc2cc1O. The summed E-state index contributed by atoms with van der Waals surface area (Å²) in [5.74, 6) is 1.39. The number of phenolic OH excluding ortho intramolecular Hbond substituents is 1. The molecule has 0 radical (unpaired) electrons. The van der Waals surface area contributed by atoms with E-state index in [1.165, 1.54) is 7.11 Å². The number of methoxy groups -OCH3 is 1. The van der Waals surface area contributed by atoms with Crippen LogP contribution in [0.2, 0.25) is 0 Å². The Labute approximate surface area is 208 Å². The molecule has 4 aromatic carbocycles. The van der Waals surface area contributed by atoms with Gasteiger partial charge in [-0.05, 0) is 48.0 Å². The average molecular weight is 477 g/mol. The van der Waals surface area contributed by atoms with Gasteiger partial charge in [-0.1, -0.05) is 48.5 Å². The number of benzene rings is 4. The van der Waals surface area contributed by atoms with Gasteiger partial charge in [-0.15, -0.1) is 0 Å². The Hall–Kier alpha value is -4.91. The van der Waals surface area contributed by atoms with Gasteiger partial charge in [0.1, 0.15) is 11.6 Å². The Balaban J connectivity index is 1.44. The standard InChI is InChI=1S/C29H24N4O3/c1-36-26-17-23-24(18-25(26)34)32-27(16-19-8-4-2-5-9-19)33-28(23)30-21-12-14-22(15-13-21)31-29(35)20-10-6-3-7-11-20/h2-15,17-18,34H,16H2,1H3,(H,31,35)(H,30,32,33). The molecule has 3 N–H and O–H groups in total. The second-order valence-corrected chi connectivity index (χ2v) is 8.21. The molecule has 1 amide bonds. The summed E-state index contributed by atoms with van der Waals surface area (Å²) in [6.07, 6.45) is 0.544. The van der Waals surface area contributed by atoms with Gasteiger partial charge < -0.3 is 20.5 Å². The zero-order chi connectivity index (χ0) is 24.9. The number of hydrogen-bond acceptors (Lipinski definition) is 6. The molecule has 0 saturated heterocycles. The molecule has 0 atom stereocenters. The summed E-state index contributed by atoms with van der Waals surface area (Å²) in [6.45, 7) is 0. The van der Waals surface area contributed by atoms with Crippen LogP contribution in [0.4, 0.5) is 17.2 Å². The van der Waals surface area contributed by atoms with Crippen molar-refractivity contribution < 1.29 is 14.6 Å². The molecule has 0 saturated carbocycles. The molecule has 0 fully saturated rings. The molecular formula is C29H24N4O3. The average Bonchev–Trinajstić information content (AvgIpc) is 2.90. The zero-order valence-electron chi connectivity index (χ0n) is 19.6. The topological polar surface area (TPSA) is 96.4 Å². The second kappa shape index (κ2) is 10.1. The summed E-state index contributed by atoms with van der Waals surface area (Å²) in [7, 11) is 1.50. The molecule has 0 aliphatic rings. The van der Waals surface area contributed by atoms with Crippen molar-refractivity contribution in [1.29, 1.82) is 0 Å². The fourth-order valence-corrected chi connectivity index (χ4v) is 3.88. The van der Waals surface area contributed by atoms with Gasteiger partial charge >= 0.3 is 0 Å². The third-order valence-corrected chi connectivity index (χ3v) is 5.69. The van der Waals surface area contributed by atoms with Crippen LogP contribution in [0, 0.1) is 0 Å². The van der Waals surface area contributed by atoms with Gasteiger partial charge in [0.05, 0.1) is 12.6 Å². The lowest BCUT2D eigenvalue weighted by atomic mass is 10.1. The number of phenols is 1. The number of fused-ring (bicyclic) bond motifs is 1. The Morgan fingerprint density at radius 1 is 0.861 bits per heavy atom. The molecule has 1 heterocycles. The van der Waals surface area contributed by atoms with Crippen LogP contribution in [0.3, 0.4) is 0 Å². The third kappa shape index (κ3) is 5.10. The van der Waals surface area contributed by atoms with Crippen molar-refractivity contribution in [3.05, 3.63) is 114 Å². The van der Waals surface area contributed by atoms with E-state index in [0.29, 0.717) is 46.0 Å². The fourth-order valence-electron chi connectivity index (χ4n) is 3.88. The minimum Gasteiger partial charge on any atom is -0.504 e. The van der Waals surface area contributed by atoms with Crippen molar-refractivity contribution >= 4 is 34.0 Å². The number of carbonyl (C=O) groups excluding carboxylic acids is 1. The number of aromatic nitrogens is 2. The Kier molecular flexibility index (Phi) is 6.44. The number of aromatic hydroxyl groups is 1. The first-order valence-electron chi connectivity index (χ1n) is 11.4. The van der Waals surface area contributed by atoms with Crippen molar-refractivity contribution in [3.63, 3.8) is 0 Å². The highest BCUT2D eigenvalue weighted by Gasteiger charge is 2.14. The number of hydrogen-bond donors (Lipinski definition) is 3. The number of nitrogens with one attached hydrogen (secondary N) is 2. The van der Waals surface area contributed by atoms with E-state index >= 15 is 0 Å². The minimum atomic E-state index is -0.171. The molecule has 0 spiro atoms. The molecule has 0 aliphatic carbocycles. The van der Waals surface area contributed by atoms with E-state index < -0.39 is 0 Å². The van der Waals surface area contributed by atoms with Crippen molar-refractivity contribution in [2.75, 3.05) is 17.7 Å². The summed E-state index contributed by atoms with van der Waals surface area (Å²) in [5.41, 5.74) is 3.74. The maximum absolute atomic E-state index is 12.4. The molecular weight excluding hydrogens is 452 g/mol. The summed E-state index contributed by atoms with van der Waals surface area (Å²) in [5, 5.41) is 17.3. The first-order valence-corrected chi connectivity index (χ1v) is 11.4. The van der Waals surface area contributed by atoms with Crippen LogP contribution < -0.4 is 15.4 Å². The molecule has 7 heteroatoms. The van der Waals surface area contributed by atoms with Gasteiger partial charge in [0.25, 0.3) is 5.91 Å². The quantitative estimate of drug-likeness (QED) is 0.269. The highest BCUT2D eigenvalue weighted by Crippen LogP contribution is 2.34. The predicted octanol–water partition coefficient (Wildman–Crippen LogP) is 5.93. The van der Waals surface area contributed by atoms with Crippen LogP contribution in [0.1, 0.15) is 21.7 Å². The number of rotatable bonds is 7. The normalized spacial score (nSPS) is 10.7. The summed E-state index contributed by atoms with van der Waals surface area (Å²) >= 11 is 0. The van der Waals surface area contributed by atoms with Crippen molar-refractivity contribution in [2.24, 2.45) is 0 Å². The lowest BCUT2D eigenvalue weighted by molar-refractivity contribution is 0.102. The van der Waals surface area contributed by atoms with E-state index in [1.807, 2.05) is 72.8 Å². The Morgan fingerprint density at radius 3 is 2.22 bits per heavy atom. The first kappa shape index (κ1) is 22.9. The fraction of sp³-hybridized carbons (Fsp3) is 0.0690. The zero-order valence-corrected chi connectivity index (χ0v) is 19.6. The van der Waals surface area contributed by atoms with E-state index in [1.54, 1.807) is 24.3 Å². The number of ether oxygens (including phenoxy) is 1. The van der Waals surface area contributed by atoms with Crippen LogP contribution in [0.15, 0.2) is 97.1 Å². The van der Waals surface area contributed by atoms with E-state index in [4.69, 9.17) is 9.72 Å². The highest BCUT2D eigenvalue weighted by molar-refractivity contribution is 6.04. The van der Waals surface area contributed by atoms with Crippen LogP contribution in [-0.4, -0.2) is 28.1 Å². The van der Waals surface area contributed by atoms with Crippen molar-refractivity contribution in [2.45, 2.75) is 6.42 Å². The lowest BCUT2D eigenvalue weighted by Crippen LogP contribution is -2.11. The summed E-state index contributed by atoms with van der Waals surface area (Å²) in [4.78, 5) is 21.9. The smallest absolute Gasteiger partial charge is 0.255 e. The molecule has 7 nitrogen and oxygen atoms in total. The Bertz CT molecular complexity index is 1510. The molecule has 0 aliphatic heterocycles. The molecule has 5 rings (SSSR count). The molecule has 0 unspecified atom stereocenters. The van der Waals surface area contributed by atoms with E-state index in [2.05, 4.69) is 15.6 Å². The maximum atomic E-state index is 12.4. The van der Waals surface area contributed by atoms with Gasteiger partial charge in [-0.2, -0.15) is 0 Å². The van der Waals surface area contributed by atoms with Gasteiger partial charge in [-0.3, -0.25) is 4.79 Å². The predicted molar refractivity (Wildman–Crippen MR) is 141 cm³/mol. The number of amides is 1. The van der Waals surface area contributed by atoms with E-state index in [0.717, 1.165) is 11.3 Å².